The highest BCUT2D eigenvalue weighted by Crippen LogP contribution is 2.66. The summed E-state index contributed by atoms with van der Waals surface area (Å²) in [4.78, 5) is 25.9. The number of carbonyl (C=O) groups is 2. The lowest BCUT2D eigenvalue weighted by atomic mass is 9.81. The fraction of sp³-hybridized carbons (Fsp3) is 0.259. The van der Waals surface area contributed by atoms with Crippen molar-refractivity contribution >= 4 is 51.3 Å². The third kappa shape index (κ3) is 4.37. The lowest BCUT2D eigenvalue weighted by Gasteiger charge is -2.26. The number of methoxy groups -OCH3 is 1. The Morgan fingerprint density at radius 1 is 1.18 bits per heavy atom. The van der Waals surface area contributed by atoms with Crippen LogP contribution in [-0.2, 0) is 14.9 Å². The van der Waals surface area contributed by atoms with Gasteiger partial charge >= 0.3 is 5.97 Å². The minimum Gasteiger partial charge on any atom is -0.465 e. The number of hydrogen-bond acceptors (Lipinski definition) is 3. The number of carbonyl (C=O) groups excluding carboxylic acids is 2. The fourth-order valence-electron chi connectivity index (χ4n) is 4.95. The van der Waals surface area contributed by atoms with Crippen molar-refractivity contribution < 1.29 is 18.7 Å². The summed E-state index contributed by atoms with van der Waals surface area (Å²) < 4.78 is 20.0. The van der Waals surface area contributed by atoms with E-state index in [1.54, 1.807) is 24.3 Å². The van der Waals surface area contributed by atoms with Crippen LogP contribution in [0.5, 0.6) is 0 Å². The number of halogens is 3. The maximum Gasteiger partial charge on any atom is 0.337 e. The molecule has 2 atom stereocenters. The highest BCUT2D eigenvalue weighted by atomic mass is 79.9. The van der Waals surface area contributed by atoms with Crippen molar-refractivity contribution in [3.63, 3.8) is 0 Å². The first-order valence-corrected chi connectivity index (χ1v) is 12.1. The van der Waals surface area contributed by atoms with Crippen molar-refractivity contribution in [2.75, 3.05) is 12.0 Å². The fourth-order valence-corrected chi connectivity index (χ4v) is 5.55. The zero-order chi connectivity index (χ0) is 24.6. The lowest BCUT2D eigenvalue weighted by molar-refractivity contribution is -0.106. The molecule has 4 nitrogen and oxygen atoms in total. The van der Waals surface area contributed by atoms with Crippen LogP contribution in [0.1, 0.15) is 47.7 Å². The summed E-state index contributed by atoms with van der Waals surface area (Å²) in [6, 6.07) is 17.2. The van der Waals surface area contributed by atoms with Gasteiger partial charge in [0.05, 0.1) is 24.0 Å². The molecule has 0 saturated heterocycles. The van der Waals surface area contributed by atoms with Gasteiger partial charge in [-0.2, -0.15) is 0 Å². The molecule has 0 radical (unpaired) electrons. The number of nitrogens with zero attached hydrogens (tertiary/aromatic N) is 1. The van der Waals surface area contributed by atoms with Crippen LogP contribution >= 0.6 is 27.5 Å². The molecule has 0 heterocycles. The average molecular weight is 545 g/mol. The van der Waals surface area contributed by atoms with Gasteiger partial charge in [-0.25, -0.2) is 9.18 Å². The molecule has 4 rings (SSSR count). The molecule has 1 aliphatic carbocycles. The van der Waals surface area contributed by atoms with E-state index < -0.39 is 5.97 Å². The molecule has 1 fully saturated rings. The van der Waals surface area contributed by atoms with E-state index in [0.29, 0.717) is 32.8 Å². The van der Waals surface area contributed by atoms with Gasteiger partial charge < -0.3 is 4.74 Å². The van der Waals surface area contributed by atoms with Gasteiger partial charge in [0.25, 0.3) is 0 Å². The monoisotopic (exact) mass is 543 g/mol. The van der Waals surface area contributed by atoms with Crippen LogP contribution < -0.4 is 4.90 Å². The maximum atomic E-state index is 14.5. The van der Waals surface area contributed by atoms with Crippen molar-refractivity contribution in [1.82, 2.24) is 0 Å². The molecule has 176 valence electrons. The molecule has 1 amide bonds. The third-order valence-corrected chi connectivity index (χ3v) is 7.44. The number of amides is 1. The standard InChI is InChI=1S/C27H24BrClFNO3/c1-16(2)27(18-4-6-20(29)7-5-18)14-24(27)23-13-21(30)8-9-25(23)31(15-32)22-11-17(26(33)34-3)10-19(28)12-22/h4-13,15-16,24H,14H2,1-3H3/t24?,27-/m0/s1. The topological polar surface area (TPSA) is 46.6 Å². The Morgan fingerprint density at radius 2 is 1.88 bits per heavy atom. The molecule has 0 aromatic heterocycles. The predicted octanol–water partition coefficient (Wildman–Crippen LogP) is 7.40. The molecular formula is C27H24BrClFNO3. The number of ether oxygens (including phenoxy) is 1. The van der Waals surface area contributed by atoms with Crippen LogP contribution in [0.4, 0.5) is 15.8 Å². The summed E-state index contributed by atoms with van der Waals surface area (Å²) in [5.41, 5.74) is 3.03. The molecule has 0 N–H and O–H groups in total. The summed E-state index contributed by atoms with van der Waals surface area (Å²) in [6.45, 7) is 4.31. The maximum absolute atomic E-state index is 14.5. The van der Waals surface area contributed by atoms with Crippen molar-refractivity contribution in [2.45, 2.75) is 31.6 Å². The molecule has 0 spiro atoms. The summed E-state index contributed by atoms with van der Waals surface area (Å²) in [5.74, 6) is -0.600. The summed E-state index contributed by atoms with van der Waals surface area (Å²) in [7, 11) is 1.30. The van der Waals surface area contributed by atoms with Crippen LogP contribution in [0.15, 0.2) is 65.1 Å². The van der Waals surface area contributed by atoms with E-state index in [1.165, 1.54) is 24.1 Å². The molecule has 0 aliphatic heterocycles. The Labute approximate surface area is 211 Å². The minimum absolute atomic E-state index is 0.00839. The second-order valence-corrected chi connectivity index (χ2v) is 10.2. The second kappa shape index (κ2) is 9.51. The second-order valence-electron chi connectivity index (χ2n) is 8.83. The molecular weight excluding hydrogens is 521 g/mol. The van der Waals surface area contributed by atoms with Crippen LogP contribution in [0, 0.1) is 11.7 Å². The first-order valence-electron chi connectivity index (χ1n) is 10.9. The average Bonchev–Trinajstić information content (AvgIpc) is 3.57. The summed E-state index contributed by atoms with van der Waals surface area (Å²) >= 11 is 9.52. The van der Waals surface area contributed by atoms with Crippen molar-refractivity contribution in [2.24, 2.45) is 5.92 Å². The highest BCUT2D eigenvalue weighted by Gasteiger charge is 2.58. The first kappa shape index (κ1) is 24.4. The molecule has 7 heteroatoms. The molecule has 1 unspecified atom stereocenters. The Morgan fingerprint density at radius 3 is 2.50 bits per heavy atom. The van der Waals surface area contributed by atoms with E-state index in [4.69, 9.17) is 16.3 Å². The van der Waals surface area contributed by atoms with Crippen molar-refractivity contribution in [1.29, 1.82) is 0 Å². The summed E-state index contributed by atoms with van der Waals surface area (Å²) in [5, 5.41) is 0.662. The van der Waals surface area contributed by atoms with Gasteiger partial charge in [-0.3, -0.25) is 9.69 Å². The normalized spacial score (nSPS) is 19.1. The lowest BCUT2D eigenvalue weighted by Crippen LogP contribution is -2.20. The number of hydrogen-bond donors (Lipinski definition) is 0. The summed E-state index contributed by atoms with van der Waals surface area (Å²) in [6.07, 6.45) is 1.50. The highest BCUT2D eigenvalue weighted by molar-refractivity contribution is 9.10. The molecule has 0 bridgehead atoms. The van der Waals surface area contributed by atoms with Crippen LogP contribution in [0.3, 0.4) is 0 Å². The molecule has 1 saturated carbocycles. The van der Waals surface area contributed by atoms with Gasteiger partial charge in [0, 0.05) is 14.9 Å². The van der Waals surface area contributed by atoms with Gasteiger partial charge in [-0.05, 0) is 77.9 Å². The van der Waals surface area contributed by atoms with E-state index in [-0.39, 0.29) is 23.1 Å². The molecule has 34 heavy (non-hydrogen) atoms. The van der Waals surface area contributed by atoms with Crippen LogP contribution in [-0.4, -0.2) is 19.5 Å². The van der Waals surface area contributed by atoms with E-state index >= 15 is 0 Å². The quantitative estimate of drug-likeness (QED) is 0.230. The number of anilines is 2. The van der Waals surface area contributed by atoms with Gasteiger partial charge in [-0.1, -0.05) is 53.5 Å². The van der Waals surface area contributed by atoms with Gasteiger partial charge in [0.15, 0.2) is 0 Å². The molecule has 3 aromatic carbocycles. The van der Waals surface area contributed by atoms with E-state index in [1.807, 2.05) is 24.3 Å². The number of rotatable bonds is 7. The van der Waals surface area contributed by atoms with Gasteiger partial charge in [0.2, 0.25) is 6.41 Å². The largest absolute Gasteiger partial charge is 0.465 e. The van der Waals surface area contributed by atoms with Gasteiger partial charge in [-0.15, -0.1) is 0 Å². The Kier molecular flexibility index (Phi) is 6.83. The van der Waals surface area contributed by atoms with Gasteiger partial charge in [0.1, 0.15) is 5.82 Å². The first-order chi connectivity index (χ1) is 16.2. The van der Waals surface area contributed by atoms with Crippen molar-refractivity contribution in [3.05, 3.63) is 92.7 Å². The van der Waals surface area contributed by atoms with Crippen molar-refractivity contribution in [3.8, 4) is 0 Å². The number of esters is 1. The Bertz CT molecular complexity index is 1250. The molecule has 1 aliphatic rings. The van der Waals surface area contributed by atoms with Crippen LogP contribution in [0.2, 0.25) is 5.02 Å². The SMILES string of the molecule is COC(=O)c1cc(Br)cc(N(C=O)c2ccc(F)cc2C2C[C@@]2(c2ccc(Cl)cc2)C(C)C)c1. The Hall–Kier alpha value is -2.70. The Balaban J connectivity index is 1.82. The third-order valence-electron chi connectivity index (χ3n) is 6.73. The number of benzene rings is 3. The molecule has 3 aromatic rings. The van der Waals surface area contributed by atoms with E-state index in [0.717, 1.165) is 17.5 Å². The smallest absolute Gasteiger partial charge is 0.337 e. The predicted molar refractivity (Wildman–Crippen MR) is 135 cm³/mol. The minimum atomic E-state index is -0.517. The van der Waals surface area contributed by atoms with Crippen LogP contribution in [0.25, 0.3) is 0 Å². The van der Waals surface area contributed by atoms with E-state index in [9.17, 15) is 14.0 Å². The van der Waals surface area contributed by atoms with E-state index in [2.05, 4.69) is 29.8 Å². The zero-order valence-corrected chi connectivity index (χ0v) is 21.4. The zero-order valence-electron chi connectivity index (χ0n) is 19.0.